The Hall–Kier alpha value is -2.28. The second-order valence-electron chi connectivity index (χ2n) is 13.7. The lowest BCUT2D eigenvalue weighted by Crippen LogP contribution is -2.74. The van der Waals surface area contributed by atoms with Gasteiger partial charge in [-0.1, -0.05) is 19.3 Å². The van der Waals surface area contributed by atoms with E-state index in [1.165, 1.54) is 19.3 Å². The third-order valence-electron chi connectivity index (χ3n) is 11.5. The molecular weight excluding hydrogens is 569 g/mol. The van der Waals surface area contributed by atoms with Gasteiger partial charge in [-0.2, -0.15) is 0 Å². The highest BCUT2D eigenvalue weighted by Gasteiger charge is 2.60. The van der Waals surface area contributed by atoms with Crippen molar-refractivity contribution < 1.29 is 33.0 Å². The molecule has 0 radical (unpaired) electrons. The standard InChI is InChI=1S/C32H48FN5O6/c1-2-43-32(41)37-11-9-35(10-12-37)19-34-26-24(33)17-22-28-30(26)44-25-8-7-20-5-3-4-6-21(20)27(25)38(28)18-23(29(22)39)31(40)36-13-15-42-16-14-36/h18,20-22,24-28,30,34H,2-17,19H2,1H3. The number of amides is 2. The lowest BCUT2D eigenvalue weighted by molar-refractivity contribution is -0.215. The largest absolute Gasteiger partial charge is 0.450 e. The van der Waals surface area contributed by atoms with Gasteiger partial charge < -0.3 is 28.9 Å². The topological polar surface area (TPSA) is 104 Å². The van der Waals surface area contributed by atoms with E-state index in [9.17, 15) is 14.4 Å². The fourth-order valence-corrected chi connectivity index (χ4v) is 9.28. The Balaban J connectivity index is 1.13. The number of morpholine rings is 2. The number of nitrogens with zero attached hydrogens (tertiary/aromatic N) is 4. The van der Waals surface area contributed by atoms with Crippen LogP contribution < -0.4 is 5.32 Å². The number of nitrogens with one attached hydrogen (secondary N) is 1. The molecule has 2 amide bonds. The molecule has 11 nitrogen and oxygen atoms in total. The molecule has 0 bridgehead atoms. The Labute approximate surface area is 259 Å². The first kappa shape index (κ1) is 30.4. The molecule has 6 fully saturated rings. The third kappa shape index (κ3) is 5.54. The number of ether oxygens (including phenoxy) is 3. The molecule has 3 saturated carbocycles. The molecule has 7 aliphatic rings. The lowest BCUT2D eigenvalue weighted by Gasteiger charge is -2.62. The van der Waals surface area contributed by atoms with Crippen molar-refractivity contribution in [1.82, 2.24) is 24.9 Å². The SMILES string of the molecule is CCOC(=O)N1CCN(CNC2C(F)CC3C(=O)C(C(=O)N4CCOCC4)=CN4C5C(CCC6CCCCC65)OC2C34)CC1. The third-order valence-corrected chi connectivity index (χ3v) is 11.5. The van der Waals surface area contributed by atoms with Crippen molar-refractivity contribution in [2.75, 3.05) is 65.8 Å². The van der Waals surface area contributed by atoms with Crippen molar-refractivity contribution in [2.45, 2.75) is 88.4 Å². The molecule has 44 heavy (non-hydrogen) atoms. The number of hydrogen-bond donors (Lipinski definition) is 1. The normalized spacial score (nSPS) is 39.1. The predicted octanol–water partition coefficient (Wildman–Crippen LogP) is 1.77. The van der Waals surface area contributed by atoms with Crippen molar-refractivity contribution in [1.29, 1.82) is 0 Å². The summed E-state index contributed by atoms with van der Waals surface area (Å²) in [5.74, 6) is -0.00532. The van der Waals surface area contributed by atoms with E-state index in [-0.39, 0.29) is 48.0 Å². The van der Waals surface area contributed by atoms with E-state index in [0.29, 0.717) is 77.6 Å². The zero-order valence-corrected chi connectivity index (χ0v) is 25.9. The van der Waals surface area contributed by atoms with E-state index >= 15 is 4.39 Å². The molecule has 12 heteroatoms. The molecule has 0 spiro atoms. The minimum Gasteiger partial charge on any atom is -0.450 e. The van der Waals surface area contributed by atoms with Gasteiger partial charge in [-0.15, -0.1) is 0 Å². The van der Waals surface area contributed by atoms with Crippen molar-refractivity contribution >= 4 is 17.8 Å². The molecule has 0 aromatic rings. The number of carbonyl (C=O) groups is 3. The molecule has 3 aliphatic carbocycles. The maximum Gasteiger partial charge on any atom is 0.409 e. The van der Waals surface area contributed by atoms with E-state index < -0.39 is 24.2 Å². The summed E-state index contributed by atoms with van der Waals surface area (Å²) in [5.41, 5.74) is 0.212. The summed E-state index contributed by atoms with van der Waals surface area (Å²) >= 11 is 0. The predicted molar refractivity (Wildman–Crippen MR) is 158 cm³/mol. The van der Waals surface area contributed by atoms with Crippen LogP contribution in [0.3, 0.4) is 0 Å². The first-order chi connectivity index (χ1) is 21.4. The minimum atomic E-state index is -1.28. The van der Waals surface area contributed by atoms with Gasteiger partial charge in [-0.05, 0) is 44.4 Å². The van der Waals surface area contributed by atoms with Crippen LogP contribution in [0.25, 0.3) is 0 Å². The van der Waals surface area contributed by atoms with E-state index in [1.54, 1.807) is 16.7 Å². The maximum atomic E-state index is 16.2. The number of hydrogen-bond acceptors (Lipinski definition) is 9. The summed E-state index contributed by atoms with van der Waals surface area (Å²) in [7, 11) is 0. The van der Waals surface area contributed by atoms with Gasteiger partial charge in [0.15, 0.2) is 5.78 Å². The summed E-state index contributed by atoms with van der Waals surface area (Å²) < 4.78 is 33.7. The zero-order chi connectivity index (χ0) is 30.4. The number of alkyl halides is 1. The van der Waals surface area contributed by atoms with E-state index in [1.807, 2.05) is 6.20 Å². The zero-order valence-electron chi connectivity index (χ0n) is 25.9. The van der Waals surface area contributed by atoms with Crippen LogP contribution in [-0.2, 0) is 23.8 Å². The van der Waals surface area contributed by atoms with Crippen LogP contribution in [-0.4, -0.2) is 140 Å². The van der Waals surface area contributed by atoms with Crippen LogP contribution in [0.5, 0.6) is 0 Å². The second-order valence-corrected chi connectivity index (χ2v) is 13.7. The fraction of sp³-hybridized carbons (Fsp3) is 0.844. The Morgan fingerprint density at radius 1 is 1.00 bits per heavy atom. The van der Waals surface area contributed by atoms with E-state index in [0.717, 1.165) is 19.3 Å². The second kappa shape index (κ2) is 12.8. The van der Waals surface area contributed by atoms with Gasteiger partial charge in [-0.3, -0.25) is 19.8 Å². The lowest BCUT2D eigenvalue weighted by atomic mass is 9.63. The molecule has 0 aromatic carbocycles. The summed E-state index contributed by atoms with van der Waals surface area (Å²) in [5, 5.41) is 3.49. The Kier molecular flexibility index (Phi) is 8.87. The molecule has 1 N–H and O–H groups in total. The van der Waals surface area contributed by atoms with E-state index in [2.05, 4.69) is 15.1 Å². The highest BCUT2D eigenvalue weighted by atomic mass is 19.1. The highest BCUT2D eigenvalue weighted by molar-refractivity contribution is 6.20. The molecule has 4 aliphatic heterocycles. The molecule has 9 atom stereocenters. The van der Waals surface area contributed by atoms with Crippen LogP contribution >= 0.6 is 0 Å². The summed E-state index contributed by atoms with van der Waals surface area (Å²) in [6, 6.07) is -0.758. The van der Waals surface area contributed by atoms with Gasteiger partial charge >= 0.3 is 6.09 Å². The van der Waals surface area contributed by atoms with Gasteiger partial charge in [0.25, 0.3) is 5.91 Å². The van der Waals surface area contributed by atoms with Gasteiger partial charge in [0.1, 0.15) is 6.17 Å². The Bertz CT molecular complexity index is 1130. The number of piperazine rings is 1. The maximum absolute atomic E-state index is 16.2. The van der Waals surface area contributed by atoms with Crippen LogP contribution in [0.2, 0.25) is 0 Å². The molecule has 7 rings (SSSR count). The Morgan fingerprint density at radius 3 is 2.55 bits per heavy atom. The number of carbonyl (C=O) groups excluding carboxylic acids is 3. The van der Waals surface area contributed by atoms with Gasteiger partial charge in [-0.25, -0.2) is 9.18 Å². The molecule has 3 saturated heterocycles. The number of Topliss-reactive ketones (excluding diaryl/α,β-unsaturated/α-hetero) is 1. The number of halogens is 1. The van der Waals surface area contributed by atoms with Crippen LogP contribution in [0.1, 0.15) is 51.9 Å². The minimum absolute atomic E-state index is 0.0526. The first-order valence-corrected chi connectivity index (χ1v) is 17.0. The van der Waals surface area contributed by atoms with Crippen molar-refractivity contribution in [3.05, 3.63) is 11.8 Å². The van der Waals surface area contributed by atoms with Crippen molar-refractivity contribution in [2.24, 2.45) is 17.8 Å². The molecule has 0 aromatic heterocycles. The quantitative estimate of drug-likeness (QED) is 0.463. The molecule has 4 heterocycles. The number of ketones is 1. The van der Waals surface area contributed by atoms with Crippen molar-refractivity contribution in [3.63, 3.8) is 0 Å². The van der Waals surface area contributed by atoms with Crippen LogP contribution in [0.4, 0.5) is 9.18 Å². The average Bonchev–Trinajstić information content (AvgIpc) is 3.05. The average molecular weight is 618 g/mol. The number of fused-ring (bicyclic) bond motifs is 4. The highest BCUT2D eigenvalue weighted by Crippen LogP contribution is 2.51. The van der Waals surface area contributed by atoms with Crippen LogP contribution in [0.15, 0.2) is 11.8 Å². The summed E-state index contributed by atoms with van der Waals surface area (Å²) in [6.45, 7) is 6.95. The monoisotopic (exact) mass is 617 g/mol. The Morgan fingerprint density at radius 2 is 1.77 bits per heavy atom. The van der Waals surface area contributed by atoms with Crippen molar-refractivity contribution in [3.8, 4) is 0 Å². The van der Waals surface area contributed by atoms with Gasteiger partial charge in [0, 0.05) is 58.1 Å². The first-order valence-electron chi connectivity index (χ1n) is 17.0. The van der Waals surface area contributed by atoms with E-state index in [4.69, 9.17) is 14.2 Å². The smallest absolute Gasteiger partial charge is 0.409 e. The van der Waals surface area contributed by atoms with Crippen LogP contribution in [0, 0.1) is 17.8 Å². The fourth-order valence-electron chi connectivity index (χ4n) is 9.28. The summed E-state index contributed by atoms with van der Waals surface area (Å²) in [6.07, 6.45) is 6.67. The number of rotatable bonds is 5. The van der Waals surface area contributed by atoms with Gasteiger partial charge in [0.05, 0.1) is 55.7 Å². The molecule has 244 valence electrons. The van der Waals surface area contributed by atoms with Gasteiger partial charge in [0.2, 0.25) is 0 Å². The molecule has 9 unspecified atom stereocenters. The summed E-state index contributed by atoms with van der Waals surface area (Å²) in [4.78, 5) is 47.9. The molecular formula is C32H48FN5O6.